The zero-order chi connectivity index (χ0) is 16.2. The average molecular weight is 331 g/mol. The van der Waals surface area contributed by atoms with Crippen LogP contribution in [-0.2, 0) is 17.4 Å². The van der Waals surface area contributed by atoms with Crippen LogP contribution >= 0.6 is 11.3 Å². The quantitative estimate of drug-likeness (QED) is 0.914. The molecule has 0 radical (unpaired) electrons. The lowest BCUT2D eigenvalue weighted by Gasteiger charge is -2.03. The second kappa shape index (κ2) is 6.73. The Kier molecular flexibility index (Phi) is 4.96. The van der Waals surface area contributed by atoms with Gasteiger partial charge in [-0.2, -0.15) is 13.2 Å². The second-order valence-corrected chi connectivity index (χ2v) is 5.28. The maximum Gasteiger partial charge on any atom is 0.445 e. The van der Waals surface area contributed by atoms with E-state index in [0.717, 1.165) is 5.56 Å². The van der Waals surface area contributed by atoms with Crippen molar-refractivity contribution >= 4 is 22.4 Å². The summed E-state index contributed by atoms with van der Waals surface area (Å²) in [6, 6.07) is 7.18. The average Bonchev–Trinajstić information content (AvgIpc) is 2.94. The molecule has 22 heavy (non-hydrogen) atoms. The molecule has 118 valence electrons. The number of aryl methyl sites for hydroxylation is 1. The standard InChI is InChI=1S/C13H12F3N3O2S/c1-21-9-5-2-8(3-6-9)4-7-10(20)17-12-19-18-11(22-12)13(14,15)16/h2-3,5-6H,4,7H2,1H3,(H,17,19,20). The molecule has 1 amide bonds. The van der Waals surface area contributed by atoms with Gasteiger partial charge in [0.05, 0.1) is 7.11 Å². The van der Waals surface area contributed by atoms with E-state index in [2.05, 4.69) is 15.5 Å². The monoisotopic (exact) mass is 331 g/mol. The van der Waals surface area contributed by atoms with Gasteiger partial charge < -0.3 is 10.1 Å². The Bertz CT molecular complexity index is 641. The van der Waals surface area contributed by atoms with Crippen molar-refractivity contribution in [3.8, 4) is 5.75 Å². The summed E-state index contributed by atoms with van der Waals surface area (Å²) in [6.07, 6.45) is -3.96. The lowest BCUT2D eigenvalue weighted by Crippen LogP contribution is -2.12. The number of anilines is 1. The third-order valence-corrected chi connectivity index (χ3v) is 3.60. The number of amides is 1. The van der Waals surface area contributed by atoms with Gasteiger partial charge in [-0.15, -0.1) is 10.2 Å². The molecule has 1 heterocycles. The molecule has 0 aliphatic carbocycles. The van der Waals surface area contributed by atoms with Gasteiger partial charge in [0, 0.05) is 6.42 Å². The van der Waals surface area contributed by atoms with Crippen molar-refractivity contribution in [2.24, 2.45) is 0 Å². The highest BCUT2D eigenvalue weighted by atomic mass is 32.1. The van der Waals surface area contributed by atoms with Crippen LogP contribution in [0.2, 0.25) is 0 Å². The highest BCUT2D eigenvalue weighted by Crippen LogP contribution is 2.33. The molecular formula is C13H12F3N3O2S. The summed E-state index contributed by atoms with van der Waals surface area (Å²) in [5, 5.41) is 7.36. The summed E-state index contributed by atoms with van der Waals surface area (Å²) in [6.45, 7) is 0. The summed E-state index contributed by atoms with van der Waals surface area (Å²) in [5.41, 5.74) is 0.921. The number of aromatic nitrogens is 2. The smallest absolute Gasteiger partial charge is 0.445 e. The first-order valence-corrected chi connectivity index (χ1v) is 7.03. The number of hydrogen-bond acceptors (Lipinski definition) is 5. The van der Waals surface area contributed by atoms with Gasteiger partial charge in [-0.25, -0.2) is 0 Å². The minimum absolute atomic E-state index is 0.132. The molecule has 0 bridgehead atoms. The minimum atomic E-state index is -4.55. The highest BCUT2D eigenvalue weighted by molar-refractivity contribution is 7.15. The largest absolute Gasteiger partial charge is 0.497 e. The van der Waals surface area contributed by atoms with Crippen LogP contribution in [0.15, 0.2) is 24.3 Å². The number of methoxy groups -OCH3 is 1. The molecule has 0 unspecified atom stereocenters. The third kappa shape index (κ3) is 4.42. The molecule has 0 aliphatic heterocycles. The molecule has 9 heteroatoms. The van der Waals surface area contributed by atoms with Gasteiger partial charge in [0.15, 0.2) is 0 Å². The van der Waals surface area contributed by atoms with Crippen molar-refractivity contribution in [1.29, 1.82) is 0 Å². The van der Waals surface area contributed by atoms with E-state index in [1.54, 1.807) is 19.2 Å². The molecule has 1 aromatic heterocycles. The number of carbonyl (C=O) groups excluding carboxylic acids is 1. The summed E-state index contributed by atoms with van der Waals surface area (Å²) in [7, 11) is 1.56. The molecule has 0 atom stereocenters. The van der Waals surface area contributed by atoms with Crippen LogP contribution in [0, 0.1) is 0 Å². The molecular weight excluding hydrogens is 319 g/mol. The maximum atomic E-state index is 12.4. The van der Waals surface area contributed by atoms with E-state index in [1.165, 1.54) is 0 Å². The van der Waals surface area contributed by atoms with E-state index in [0.29, 0.717) is 23.5 Å². The first-order valence-electron chi connectivity index (χ1n) is 6.22. The Hall–Kier alpha value is -2.16. The van der Waals surface area contributed by atoms with Crippen LogP contribution < -0.4 is 10.1 Å². The molecule has 0 spiro atoms. The number of carbonyl (C=O) groups is 1. The van der Waals surface area contributed by atoms with Crippen LogP contribution in [0.3, 0.4) is 0 Å². The summed E-state index contributed by atoms with van der Waals surface area (Å²) >= 11 is 0.299. The van der Waals surface area contributed by atoms with Crippen molar-refractivity contribution in [3.05, 3.63) is 34.8 Å². The van der Waals surface area contributed by atoms with Crippen LogP contribution in [0.25, 0.3) is 0 Å². The number of ether oxygens (including phenoxy) is 1. The predicted octanol–water partition coefficient (Wildman–Crippen LogP) is 3.14. The first kappa shape index (κ1) is 16.2. The number of rotatable bonds is 5. The van der Waals surface area contributed by atoms with E-state index in [4.69, 9.17) is 4.74 Å². The van der Waals surface area contributed by atoms with Crippen LogP contribution in [0.5, 0.6) is 5.75 Å². The van der Waals surface area contributed by atoms with Gasteiger partial charge in [-0.1, -0.05) is 23.5 Å². The summed E-state index contributed by atoms with van der Waals surface area (Å²) in [5.74, 6) is 0.294. The van der Waals surface area contributed by atoms with Crippen molar-refractivity contribution in [2.45, 2.75) is 19.0 Å². The van der Waals surface area contributed by atoms with E-state index in [1.807, 2.05) is 12.1 Å². The van der Waals surface area contributed by atoms with Gasteiger partial charge in [-0.3, -0.25) is 4.79 Å². The first-order chi connectivity index (χ1) is 10.4. The molecule has 1 aromatic carbocycles. The lowest BCUT2D eigenvalue weighted by molar-refractivity contribution is -0.138. The van der Waals surface area contributed by atoms with Gasteiger partial charge in [0.2, 0.25) is 16.0 Å². The number of benzene rings is 1. The second-order valence-electron chi connectivity index (χ2n) is 4.31. The number of nitrogens with one attached hydrogen (secondary N) is 1. The van der Waals surface area contributed by atoms with Gasteiger partial charge in [-0.05, 0) is 24.1 Å². The fourth-order valence-electron chi connectivity index (χ4n) is 1.62. The number of hydrogen-bond donors (Lipinski definition) is 1. The topological polar surface area (TPSA) is 64.1 Å². The van der Waals surface area contributed by atoms with Crippen molar-refractivity contribution in [2.75, 3.05) is 12.4 Å². The zero-order valence-electron chi connectivity index (χ0n) is 11.5. The molecule has 0 fully saturated rings. The van der Waals surface area contributed by atoms with Crippen molar-refractivity contribution < 1.29 is 22.7 Å². The Morgan fingerprint density at radius 3 is 2.50 bits per heavy atom. The predicted molar refractivity (Wildman–Crippen MR) is 74.9 cm³/mol. The normalized spacial score (nSPS) is 11.3. The molecule has 0 saturated heterocycles. The zero-order valence-corrected chi connectivity index (χ0v) is 12.3. The van der Waals surface area contributed by atoms with E-state index >= 15 is 0 Å². The summed E-state index contributed by atoms with van der Waals surface area (Å²) < 4.78 is 42.1. The lowest BCUT2D eigenvalue weighted by atomic mass is 10.1. The van der Waals surface area contributed by atoms with Crippen molar-refractivity contribution in [3.63, 3.8) is 0 Å². The maximum absolute atomic E-state index is 12.4. The third-order valence-electron chi connectivity index (χ3n) is 2.71. The summed E-state index contributed by atoms with van der Waals surface area (Å²) in [4.78, 5) is 11.7. The Morgan fingerprint density at radius 2 is 1.95 bits per heavy atom. The van der Waals surface area contributed by atoms with Gasteiger partial charge in [0.25, 0.3) is 0 Å². The SMILES string of the molecule is COc1ccc(CCC(=O)Nc2nnc(C(F)(F)F)s2)cc1. The Labute approximate surface area is 128 Å². The van der Waals surface area contributed by atoms with E-state index in [9.17, 15) is 18.0 Å². The Morgan fingerprint density at radius 1 is 1.27 bits per heavy atom. The molecule has 1 N–H and O–H groups in total. The minimum Gasteiger partial charge on any atom is -0.497 e. The highest BCUT2D eigenvalue weighted by Gasteiger charge is 2.35. The molecule has 0 aliphatic rings. The molecule has 0 saturated carbocycles. The number of nitrogens with zero attached hydrogens (tertiary/aromatic N) is 2. The van der Waals surface area contributed by atoms with Gasteiger partial charge in [0.1, 0.15) is 5.75 Å². The van der Waals surface area contributed by atoms with E-state index < -0.39 is 17.1 Å². The van der Waals surface area contributed by atoms with Gasteiger partial charge >= 0.3 is 6.18 Å². The number of alkyl halides is 3. The fraction of sp³-hybridized carbons (Fsp3) is 0.308. The molecule has 5 nitrogen and oxygen atoms in total. The molecule has 2 aromatic rings. The van der Waals surface area contributed by atoms with Crippen LogP contribution in [0.4, 0.5) is 18.3 Å². The number of halogens is 3. The Balaban J connectivity index is 1.86. The van der Waals surface area contributed by atoms with E-state index in [-0.39, 0.29) is 11.6 Å². The fourth-order valence-corrected chi connectivity index (χ4v) is 2.25. The van der Waals surface area contributed by atoms with Crippen LogP contribution in [-0.4, -0.2) is 23.2 Å². The molecule has 2 rings (SSSR count). The van der Waals surface area contributed by atoms with Crippen molar-refractivity contribution in [1.82, 2.24) is 10.2 Å². The van der Waals surface area contributed by atoms with Crippen LogP contribution in [0.1, 0.15) is 17.0 Å².